The summed E-state index contributed by atoms with van der Waals surface area (Å²) in [7, 11) is 0. The molecule has 0 aliphatic rings. The monoisotopic (exact) mass is 259 g/mol. The zero-order chi connectivity index (χ0) is 12.8. The molecule has 17 heavy (non-hydrogen) atoms. The Bertz CT molecular complexity index is 367. The number of ether oxygens (including phenoxy) is 1. The number of rotatable bonds is 5. The molecule has 1 aromatic rings. The molecule has 0 saturated heterocycles. The fourth-order valence-electron chi connectivity index (χ4n) is 1.17. The first-order valence-corrected chi connectivity index (χ1v) is 5.76. The van der Waals surface area contributed by atoms with Crippen LogP contribution in [-0.2, 0) is 4.79 Å². The third-order valence-electron chi connectivity index (χ3n) is 2.08. The Morgan fingerprint density at radius 1 is 1.41 bits per heavy atom. The summed E-state index contributed by atoms with van der Waals surface area (Å²) in [5.41, 5.74) is 0. The Hall–Kier alpha value is -1.29. The standard InChI is InChI=1S/C12H15ClFNO2/c1-8(7-15-12(16)9(2)13)17-11-5-3-10(14)4-6-11/h3-6,8-9H,7H2,1-2H3,(H,15,16). The van der Waals surface area contributed by atoms with Crippen LogP contribution in [0.2, 0.25) is 0 Å². The number of hydrogen-bond acceptors (Lipinski definition) is 2. The zero-order valence-electron chi connectivity index (χ0n) is 9.74. The Balaban J connectivity index is 2.37. The van der Waals surface area contributed by atoms with Gasteiger partial charge in [-0.25, -0.2) is 4.39 Å². The third kappa shape index (κ3) is 5.04. The minimum Gasteiger partial charge on any atom is -0.489 e. The molecule has 1 rings (SSSR count). The number of carbonyl (C=O) groups excluding carboxylic acids is 1. The maximum absolute atomic E-state index is 12.6. The van der Waals surface area contributed by atoms with Gasteiger partial charge in [0.1, 0.15) is 23.0 Å². The third-order valence-corrected chi connectivity index (χ3v) is 2.27. The molecule has 5 heteroatoms. The van der Waals surface area contributed by atoms with E-state index in [1.54, 1.807) is 6.92 Å². The zero-order valence-corrected chi connectivity index (χ0v) is 10.5. The van der Waals surface area contributed by atoms with Gasteiger partial charge >= 0.3 is 0 Å². The van der Waals surface area contributed by atoms with E-state index >= 15 is 0 Å². The second-order valence-corrected chi connectivity index (χ2v) is 4.40. The number of amides is 1. The van der Waals surface area contributed by atoms with Crippen LogP contribution in [0.4, 0.5) is 4.39 Å². The van der Waals surface area contributed by atoms with E-state index in [9.17, 15) is 9.18 Å². The van der Waals surface area contributed by atoms with Crippen molar-refractivity contribution in [2.24, 2.45) is 0 Å². The molecule has 0 aromatic heterocycles. The van der Waals surface area contributed by atoms with Crippen molar-refractivity contribution in [3.8, 4) is 5.75 Å². The summed E-state index contributed by atoms with van der Waals surface area (Å²) in [5, 5.41) is 2.08. The van der Waals surface area contributed by atoms with Crippen molar-refractivity contribution in [3.05, 3.63) is 30.1 Å². The smallest absolute Gasteiger partial charge is 0.237 e. The number of hydrogen-bond donors (Lipinski definition) is 1. The van der Waals surface area contributed by atoms with Gasteiger partial charge in [-0.15, -0.1) is 11.6 Å². The van der Waals surface area contributed by atoms with Crippen molar-refractivity contribution in [1.29, 1.82) is 0 Å². The quantitative estimate of drug-likeness (QED) is 0.825. The van der Waals surface area contributed by atoms with Gasteiger partial charge in [-0.3, -0.25) is 4.79 Å². The number of halogens is 2. The van der Waals surface area contributed by atoms with E-state index in [1.807, 2.05) is 6.92 Å². The highest BCUT2D eigenvalue weighted by atomic mass is 35.5. The Morgan fingerprint density at radius 3 is 2.53 bits per heavy atom. The van der Waals surface area contributed by atoms with Gasteiger partial charge in [0.2, 0.25) is 5.91 Å². The van der Waals surface area contributed by atoms with Gasteiger partial charge in [0.15, 0.2) is 0 Å². The van der Waals surface area contributed by atoms with E-state index < -0.39 is 5.38 Å². The lowest BCUT2D eigenvalue weighted by molar-refractivity contribution is -0.120. The molecule has 0 saturated carbocycles. The minimum absolute atomic E-state index is 0.208. The predicted octanol–water partition coefficient (Wildman–Crippen LogP) is 2.34. The van der Waals surface area contributed by atoms with Crippen LogP contribution in [0, 0.1) is 5.82 Å². The average Bonchev–Trinajstić information content (AvgIpc) is 2.29. The first-order chi connectivity index (χ1) is 7.99. The molecule has 0 bridgehead atoms. The molecule has 0 radical (unpaired) electrons. The molecular formula is C12H15ClFNO2. The van der Waals surface area contributed by atoms with Crippen LogP contribution in [0.3, 0.4) is 0 Å². The van der Waals surface area contributed by atoms with Gasteiger partial charge in [-0.05, 0) is 38.1 Å². The molecule has 1 amide bonds. The first-order valence-electron chi connectivity index (χ1n) is 5.33. The second-order valence-electron chi connectivity index (χ2n) is 3.74. The topological polar surface area (TPSA) is 38.3 Å². The molecule has 0 heterocycles. The second kappa shape index (κ2) is 6.45. The summed E-state index contributed by atoms with van der Waals surface area (Å²) < 4.78 is 18.1. The van der Waals surface area contributed by atoms with Crippen LogP contribution in [-0.4, -0.2) is 23.9 Å². The van der Waals surface area contributed by atoms with Crippen molar-refractivity contribution in [2.75, 3.05) is 6.54 Å². The molecule has 2 atom stereocenters. The van der Waals surface area contributed by atoms with E-state index in [4.69, 9.17) is 16.3 Å². The fraction of sp³-hybridized carbons (Fsp3) is 0.417. The highest BCUT2D eigenvalue weighted by molar-refractivity contribution is 6.30. The highest BCUT2D eigenvalue weighted by Crippen LogP contribution is 2.12. The summed E-state index contributed by atoms with van der Waals surface area (Å²) in [6, 6.07) is 5.72. The summed E-state index contributed by atoms with van der Waals surface area (Å²) in [6.45, 7) is 3.76. The molecule has 0 aliphatic carbocycles. The maximum Gasteiger partial charge on any atom is 0.237 e. The van der Waals surface area contributed by atoms with Crippen LogP contribution >= 0.6 is 11.6 Å². The van der Waals surface area contributed by atoms with Crippen molar-refractivity contribution >= 4 is 17.5 Å². The van der Waals surface area contributed by atoms with Gasteiger partial charge < -0.3 is 10.1 Å². The molecule has 3 nitrogen and oxygen atoms in total. The van der Waals surface area contributed by atoms with Crippen molar-refractivity contribution in [1.82, 2.24) is 5.32 Å². The Labute approximate surface area is 105 Å². The lowest BCUT2D eigenvalue weighted by Gasteiger charge is -2.15. The summed E-state index contributed by atoms with van der Waals surface area (Å²) in [4.78, 5) is 11.2. The van der Waals surface area contributed by atoms with E-state index in [-0.39, 0.29) is 17.8 Å². The van der Waals surface area contributed by atoms with E-state index in [1.165, 1.54) is 24.3 Å². The normalized spacial score (nSPS) is 13.9. The van der Waals surface area contributed by atoms with Crippen LogP contribution in [0.1, 0.15) is 13.8 Å². The highest BCUT2D eigenvalue weighted by Gasteiger charge is 2.11. The number of benzene rings is 1. The van der Waals surface area contributed by atoms with Gasteiger partial charge in [0.25, 0.3) is 0 Å². The molecule has 1 aromatic carbocycles. The minimum atomic E-state index is -0.562. The molecule has 94 valence electrons. The molecule has 0 aliphatic heterocycles. The average molecular weight is 260 g/mol. The summed E-state index contributed by atoms with van der Waals surface area (Å²) in [6.07, 6.45) is -0.208. The summed E-state index contributed by atoms with van der Waals surface area (Å²) in [5.74, 6) is 0.0163. The van der Waals surface area contributed by atoms with Crippen LogP contribution in [0.5, 0.6) is 5.75 Å². The lowest BCUT2D eigenvalue weighted by Crippen LogP contribution is -2.36. The molecular weight excluding hydrogens is 245 g/mol. The van der Waals surface area contributed by atoms with E-state index in [0.29, 0.717) is 12.3 Å². The van der Waals surface area contributed by atoms with Crippen molar-refractivity contribution in [3.63, 3.8) is 0 Å². The van der Waals surface area contributed by atoms with E-state index in [2.05, 4.69) is 5.32 Å². The molecule has 2 unspecified atom stereocenters. The van der Waals surface area contributed by atoms with E-state index in [0.717, 1.165) is 0 Å². The molecule has 1 N–H and O–H groups in total. The van der Waals surface area contributed by atoms with Crippen molar-refractivity contribution < 1.29 is 13.9 Å². The van der Waals surface area contributed by atoms with Crippen LogP contribution < -0.4 is 10.1 Å². The lowest BCUT2D eigenvalue weighted by atomic mass is 10.3. The predicted molar refractivity (Wildman–Crippen MR) is 64.8 cm³/mol. The molecule has 0 fully saturated rings. The Kier molecular flexibility index (Phi) is 5.22. The molecule has 0 spiro atoms. The van der Waals surface area contributed by atoms with Gasteiger partial charge in [-0.2, -0.15) is 0 Å². The largest absolute Gasteiger partial charge is 0.489 e. The van der Waals surface area contributed by atoms with Crippen LogP contribution in [0.15, 0.2) is 24.3 Å². The first kappa shape index (κ1) is 13.8. The Morgan fingerprint density at radius 2 is 2.00 bits per heavy atom. The number of carbonyl (C=O) groups is 1. The summed E-state index contributed by atoms with van der Waals surface area (Å²) >= 11 is 5.59. The maximum atomic E-state index is 12.6. The van der Waals surface area contributed by atoms with Gasteiger partial charge in [0, 0.05) is 0 Å². The number of nitrogens with one attached hydrogen (secondary N) is 1. The SMILES string of the molecule is CC(CNC(=O)C(C)Cl)Oc1ccc(F)cc1. The number of alkyl halides is 1. The van der Waals surface area contributed by atoms with Gasteiger partial charge in [-0.1, -0.05) is 0 Å². The van der Waals surface area contributed by atoms with Crippen LogP contribution in [0.25, 0.3) is 0 Å². The van der Waals surface area contributed by atoms with Crippen molar-refractivity contribution in [2.45, 2.75) is 25.3 Å². The van der Waals surface area contributed by atoms with Gasteiger partial charge in [0.05, 0.1) is 6.54 Å². The fourth-order valence-corrected chi connectivity index (χ4v) is 1.25.